The third kappa shape index (κ3) is 15.3. The topological polar surface area (TPSA) is 130 Å². The van der Waals surface area contributed by atoms with Crippen molar-refractivity contribution in [1.29, 1.82) is 0 Å². The number of aromatic nitrogens is 8. The van der Waals surface area contributed by atoms with Crippen LogP contribution in [-0.4, -0.2) is 53.1 Å². The predicted octanol–water partition coefficient (Wildman–Crippen LogP) is 22.2. The number of imidazole rings is 1. The molecule has 10 heteroatoms. The van der Waals surface area contributed by atoms with E-state index in [4.69, 9.17) is 29.4 Å². The lowest BCUT2D eigenvalue weighted by molar-refractivity contribution is 0.304. The van der Waals surface area contributed by atoms with Crippen molar-refractivity contribution in [3.8, 4) is 34.5 Å². The van der Waals surface area contributed by atoms with Crippen LogP contribution in [0.3, 0.4) is 0 Å². The first-order valence-corrected chi connectivity index (χ1v) is 37.2. The fourth-order valence-electron chi connectivity index (χ4n) is 14.6. The van der Waals surface area contributed by atoms with Gasteiger partial charge in [0.25, 0.3) is 0 Å². The van der Waals surface area contributed by atoms with Crippen LogP contribution in [0.1, 0.15) is 176 Å². The Morgan fingerprint density at radius 1 is 0.376 bits per heavy atom. The van der Waals surface area contributed by atoms with Crippen molar-refractivity contribution in [3.63, 3.8) is 0 Å². The molecule has 6 aromatic carbocycles. The van der Waals surface area contributed by atoms with Crippen LogP contribution >= 0.6 is 0 Å². The molecular formula is C91H88N8O2. The second-order valence-electron chi connectivity index (χ2n) is 27.4. The zero-order chi connectivity index (χ0) is 68.1. The molecule has 0 saturated carbocycles. The van der Waals surface area contributed by atoms with Crippen LogP contribution in [0, 0.1) is 74.7 Å². The van der Waals surface area contributed by atoms with E-state index >= 15 is 0 Å². The number of hydrogen-bond donors (Lipinski definition) is 3. The monoisotopic (exact) mass is 1320 g/mol. The summed E-state index contributed by atoms with van der Waals surface area (Å²) in [6.45, 7) is 5.84. The van der Waals surface area contributed by atoms with Crippen LogP contribution in [0.2, 0.25) is 0 Å². The van der Waals surface area contributed by atoms with Gasteiger partial charge >= 0.3 is 0 Å². The van der Waals surface area contributed by atoms with Crippen molar-refractivity contribution < 1.29 is 9.47 Å². The lowest BCUT2D eigenvalue weighted by Gasteiger charge is -2.07. The fourth-order valence-corrected chi connectivity index (χ4v) is 14.6. The average Bonchev–Trinajstić information content (AvgIpc) is 1.76. The molecule has 0 fully saturated rings. The molecule has 0 saturated heterocycles. The van der Waals surface area contributed by atoms with Crippen molar-refractivity contribution in [1.82, 2.24) is 39.9 Å². The minimum atomic E-state index is 0.615. The fraction of sp³-hybridized carbons (Fsp3) is 0.264. The molecule has 504 valence electrons. The SMILES string of the molecule is CCCCCCCCCCCCOc1ccc2c(c1)=c1c3nc(c(-c4ccc(C#Cc5ncc[nH]5)cc4)c4ccc([nH]4)c(c4nc(cc5ccc1[nH]5)C=C4)=c1cc(OCCCCCCCCCCCC)ccc1=c1ccc(cc1)=c1ccc4ccc5ccc(nc5c4n1)=c1ccc=2cc1)C=C3. The molecule has 18 rings (SSSR count). The van der Waals surface area contributed by atoms with Crippen molar-refractivity contribution in [2.75, 3.05) is 13.2 Å². The van der Waals surface area contributed by atoms with Crippen LogP contribution in [0.4, 0.5) is 0 Å². The van der Waals surface area contributed by atoms with Crippen molar-refractivity contribution >= 4 is 68.2 Å². The first-order chi connectivity index (χ1) is 50.0. The van der Waals surface area contributed by atoms with Crippen LogP contribution in [0.25, 0.3) is 79.3 Å². The molecule has 0 unspecified atom stereocenters. The first-order valence-electron chi connectivity index (χ1n) is 37.2. The van der Waals surface area contributed by atoms with E-state index in [1.54, 1.807) is 12.4 Å². The summed E-state index contributed by atoms with van der Waals surface area (Å²) < 4.78 is 13.6. The number of aromatic amines is 3. The van der Waals surface area contributed by atoms with Gasteiger partial charge in [0.2, 0.25) is 0 Å². The quantitative estimate of drug-likeness (QED) is 0.0295. The zero-order valence-corrected chi connectivity index (χ0v) is 58.3. The normalized spacial score (nSPS) is 12.0. The van der Waals surface area contributed by atoms with Gasteiger partial charge in [-0.15, -0.1) is 0 Å². The maximum absolute atomic E-state index is 6.79. The van der Waals surface area contributed by atoms with Gasteiger partial charge in [-0.05, 0) is 159 Å². The molecule has 0 amide bonds. The summed E-state index contributed by atoms with van der Waals surface area (Å²) in [5.74, 6) is 8.76. The Balaban J connectivity index is 0.996. The van der Waals surface area contributed by atoms with E-state index < -0.39 is 0 Å². The summed E-state index contributed by atoms with van der Waals surface area (Å²) in [7, 11) is 0. The Bertz CT molecular complexity index is 5730. The highest BCUT2D eigenvalue weighted by atomic mass is 16.5. The summed E-state index contributed by atoms with van der Waals surface area (Å²) in [6.07, 6.45) is 37.3. The van der Waals surface area contributed by atoms with Crippen LogP contribution < -0.4 is 9.47 Å². The van der Waals surface area contributed by atoms with E-state index in [0.29, 0.717) is 19.0 Å². The van der Waals surface area contributed by atoms with Gasteiger partial charge in [0.05, 0.1) is 57.7 Å². The van der Waals surface area contributed by atoms with E-state index in [-0.39, 0.29) is 0 Å². The molecule has 6 aromatic heterocycles. The number of H-pyrrole nitrogens is 3. The van der Waals surface area contributed by atoms with Gasteiger partial charge in [-0.3, -0.25) is 0 Å². The number of fused-ring (bicyclic) bond motifs is 2. The van der Waals surface area contributed by atoms with Crippen LogP contribution in [0.5, 0.6) is 11.5 Å². The molecule has 6 aliphatic heterocycles. The van der Waals surface area contributed by atoms with Gasteiger partial charge in [-0.1, -0.05) is 232 Å². The number of benzene rings is 6. The Hall–Kier alpha value is -10.9. The van der Waals surface area contributed by atoms with E-state index in [1.807, 2.05) is 0 Å². The maximum Gasteiger partial charge on any atom is 0.182 e. The summed E-state index contributed by atoms with van der Waals surface area (Å²) in [5.41, 5.74) is 11.4. The maximum atomic E-state index is 6.79. The van der Waals surface area contributed by atoms with Gasteiger partial charge in [-0.25, -0.2) is 24.9 Å². The standard InChI is InChI=1S/C91H88N8O2/c1-3-5-7-9-11-13-15-17-19-21-57-100-72-42-44-74-63-28-32-65(33-29-63)78-46-38-68-36-37-69-39-47-79(99-91(69)90(68)98-78)66-34-30-64(31-35-66)75-45-43-73(101-58-22-20-18-16-14-12-10-8-6-4-2)61-77(75)89-83-49-41-71(95-83)59-70-40-48-82(94-70)88(76(74)60-72)84-52-50-80(96-84)87(81-51-53-85(89)97-81)67-26-23-62(24-27-67)25-54-86-92-55-56-93-86/h23-24,26-53,55-56,59-61,94,97H,3-22,57-58H2,1-2H3,(H,92,93). The Morgan fingerprint density at radius 3 is 1.42 bits per heavy atom. The van der Waals surface area contributed by atoms with Gasteiger partial charge in [-0.2, -0.15) is 0 Å². The van der Waals surface area contributed by atoms with Crippen molar-refractivity contribution in [2.45, 2.75) is 142 Å². The molecule has 0 spiro atoms. The molecule has 101 heavy (non-hydrogen) atoms. The number of ether oxygens (including phenoxy) is 2. The summed E-state index contributed by atoms with van der Waals surface area (Å²) >= 11 is 0. The Kier molecular flexibility index (Phi) is 20.6. The second kappa shape index (κ2) is 31.5. The number of nitrogens with zero attached hydrogens (tertiary/aromatic N) is 5. The largest absolute Gasteiger partial charge is 0.494 e. The molecule has 12 aromatic rings. The van der Waals surface area contributed by atoms with Gasteiger partial charge < -0.3 is 24.4 Å². The lowest BCUT2D eigenvalue weighted by atomic mass is 10.0. The highest BCUT2D eigenvalue weighted by molar-refractivity contribution is 6.02. The molecule has 0 aliphatic carbocycles. The molecule has 12 heterocycles. The smallest absolute Gasteiger partial charge is 0.182 e. The Labute approximate surface area is 589 Å². The summed E-state index contributed by atoms with van der Waals surface area (Å²) in [5, 5.41) is 13.9. The van der Waals surface area contributed by atoms with E-state index in [9.17, 15) is 0 Å². The van der Waals surface area contributed by atoms with E-state index in [1.165, 1.54) is 103 Å². The molecule has 3 N–H and O–H groups in total. The van der Waals surface area contributed by atoms with Gasteiger partial charge in [0.15, 0.2) is 5.82 Å². The lowest BCUT2D eigenvalue weighted by Crippen LogP contribution is -1.98. The van der Waals surface area contributed by atoms with Gasteiger partial charge in [0.1, 0.15) is 11.5 Å². The van der Waals surface area contributed by atoms with Crippen LogP contribution in [0.15, 0.2) is 188 Å². The minimum Gasteiger partial charge on any atom is -0.494 e. The number of pyridine rings is 2. The molecular weight excluding hydrogens is 1240 g/mol. The average molecular weight is 1330 g/mol. The van der Waals surface area contributed by atoms with Crippen molar-refractivity contribution in [2.24, 2.45) is 0 Å². The number of nitrogens with one attached hydrogen (secondary N) is 3. The molecule has 10 nitrogen and oxygen atoms in total. The minimum absolute atomic E-state index is 0.615. The third-order valence-corrected chi connectivity index (χ3v) is 20.1. The summed E-state index contributed by atoms with van der Waals surface area (Å²) in [6, 6.07) is 63.1. The molecule has 18 bridgehead atoms. The summed E-state index contributed by atoms with van der Waals surface area (Å²) in [4.78, 5) is 37.6. The molecule has 6 aliphatic rings. The first kappa shape index (κ1) is 66.0. The Morgan fingerprint density at radius 2 is 0.861 bits per heavy atom. The van der Waals surface area contributed by atoms with Gasteiger partial charge in [0, 0.05) is 77.2 Å². The molecule has 0 radical (unpaired) electrons. The van der Waals surface area contributed by atoms with Crippen LogP contribution in [-0.2, 0) is 0 Å². The number of rotatable bonds is 25. The zero-order valence-electron chi connectivity index (χ0n) is 58.3. The second-order valence-corrected chi connectivity index (χ2v) is 27.4. The molecule has 0 atom stereocenters. The number of unbranched alkanes of at least 4 members (excludes halogenated alkanes) is 18. The van der Waals surface area contributed by atoms with Crippen molar-refractivity contribution in [3.05, 3.63) is 285 Å². The van der Waals surface area contributed by atoms with E-state index in [2.05, 4.69) is 246 Å². The number of hydrogen-bond acceptors (Lipinski definition) is 7. The highest BCUT2D eigenvalue weighted by Crippen LogP contribution is 2.33. The van der Waals surface area contributed by atoms with E-state index in [0.717, 1.165) is 183 Å². The third-order valence-electron chi connectivity index (χ3n) is 20.1. The highest BCUT2D eigenvalue weighted by Gasteiger charge is 2.16. The predicted molar refractivity (Wildman–Crippen MR) is 412 cm³/mol.